The van der Waals surface area contributed by atoms with Crippen LogP contribution in [0.4, 0.5) is 5.82 Å². The van der Waals surface area contributed by atoms with Gasteiger partial charge in [0.1, 0.15) is 5.75 Å². The molecule has 3 N–H and O–H groups in total. The van der Waals surface area contributed by atoms with Gasteiger partial charge in [0, 0.05) is 24.1 Å². The van der Waals surface area contributed by atoms with Crippen molar-refractivity contribution in [2.24, 2.45) is 5.14 Å². The Morgan fingerprint density at radius 3 is 2.48 bits per heavy atom. The van der Waals surface area contributed by atoms with Crippen LogP contribution in [0, 0.1) is 0 Å². The molecule has 0 bridgehead atoms. The summed E-state index contributed by atoms with van der Waals surface area (Å²) >= 11 is 0. The molecule has 1 saturated carbocycles. The van der Waals surface area contributed by atoms with E-state index in [9.17, 15) is 13.5 Å². The lowest BCUT2D eigenvalue weighted by Crippen LogP contribution is -2.34. The van der Waals surface area contributed by atoms with Crippen molar-refractivity contribution in [1.82, 2.24) is 10.2 Å². The molecule has 1 aliphatic rings. The fourth-order valence-corrected chi connectivity index (χ4v) is 3.70. The molecule has 1 aromatic carbocycles. The number of sulfonamides is 1. The van der Waals surface area contributed by atoms with E-state index < -0.39 is 10.0 Å². The minimum Gasteiger partial charge on any atom is -0.507 e. The lowest BCUT2D eigenvalue weighted by molar-refractivity contribution is 0.425. The van der Waals surface area contributed by atoms with Crippen LogP contribution in [-0.4, -0.2) is 36.8 Å². The summed E-state index contributed by atoms with van der Waals surface area (Å²) in [6.07, 6.45) is 7.48. The van der Waals surface area contributed by atoms with Crippen molar-refractivity contribution >= 4 is 21.9 Å². The molecule has 2 aromatic rings. The van der Waals surface area contributed by atoms with Crippen LogP contribution in [0.2, 0.25) is 0 Å². The maximum Gasteiger partial charge on any atom is 0.231 e. The molecular weight excluding hydrogens is 364 g/mol. The van der Waals surface area contributed by atoms with E-state index in [1.165, 1.54) is 44.2 Å². The number of hydrogen-bond donors (Lipinski definition) is 2. The number of primary sulfonamides is 1. The van der Waals surface area contributed by atoms with Crippen molar-refractivity contribution in [2.45, 2.75) is 38.1 Å². The van der Waals surface area contributed by atoms with Gasteiger partial charge >= 0.3 is 0 Å². The van der Waals surface area contributed by atoms with Crippen LogP contribution in [0.25, 0.3) is 17.3 Å². The van der Waals surface area contributed by atoms with Crippen molar-refractivity contribution in [3.63, 3.8) is 0 Å². The molecule has 0 aliphatic heterocycles. The van der Waals surface area contributed by atoms with Crippen LogP contribution in [0.15, 0.2) is 35.7 Å². The van der Waals surface area contributed by atoms with Gasteiger partial charge in [0.25, 0.3) is 0 Å². The first-order valence-corrected chi connectivity index (χ1v) is 10.6. The Labute approximate surface area is 159 Å². The van der Waals surface area contributed by atoms with Crippen LogP contribution >= 0.6 is 0 Å². The molecule has 0 unspecified atom stereocenters. The molecule has 8 heteroatoms. The topological polar surface area (TPSA) is 109 Å². The molecule has 0 spiro atoms. The summed E-state index contributed by atoms with van der Waals surface area (Å²) in [4.78, 5) is 2.18. The number of nitrogens with two attached hydrogens (primary N) is 1. The number of phenols is 1. The third-order valence-corrected chi connectivity index (χ3v) is 5.40. The van der Waals surface area contributed by atoms with E-state index in [2.05, 4.69) is 15.1 Å². The number of aromatic nitrogens is 2. The van der Waals surface area contributed by atoms with Crippen molar-refractivity contribution in [2.75, 3.05) is 11.9 Å². The largest absolute Gasteiger partial charge is 0.507 e. The predicted octanol–water partition coefficient (Wildman–Crippen LogP) is 2.88. The van der Waals surface area contributed by atoms with Gasteiger partial charge in [0.15, 0.2) is 5.82 Å². The third-order valence-electron chi connectivity index (χ3n) is 4.88. The molecule has 27 heavy (non-hydrogen) atoms. The lowest BCUT2D eigenvalue weighted by atomic mass is 9.94. The van der Waals surface area contributed by atoms with Crippen LogP contribution in [0.1, 0.15) is 37.7 Å². The molecule has 1 aliphatic carbocycles. The Hall–Kier alpha value is -2.45. The molecule has 1 fully saturated rings. The number of aromatic hydroxyl groups is 1. The zero-order valence-electron chi connectivity index (χ0n) is 15.2. The average Bonchev–Trinajstić information content (AvgIpc) is 2.66. The van der Waals surface area contributed by atoms with Crippen molar-refractivity contribution in [3.05, 3.63) is 41.3 Å². The van der Waals surface area contributed by atoms with Gasteiger partial charge < -0.3 is 10.0 Å². The lowest BCUT2D eigenvalue weighted by Gasteiger charge is -2.31. The Kier molecular flexibility index (Phi) is 5.76. The number of nitrogens with zero attached hydrogens (tertiary/aromatic N) is 3. The molecule has 1 heterocycles. The second-order valence-electron chi connectivity index (χ2n) is 6.85. The second-order valence-corrected chi connectivity index (χ2v) is 8.30. The molecular formula is C19H24N4O3S. The fourth-order valence-electron chi connectivity index (χ4n) is 3.35. The summed E-state index contributed by atoms with van der Waals surface area (Å²) in [6.45, 7) is 0. The average molecular weight is 388 g/mol. The SMILES string of the molecule is CN(c1ccc(-c2ccc(/C=C/S(N)(=O)=O)cc2O)nn1)C1CCCCC1. The summed E-state index contributed by atoms with van der Waals surface area (Å²) in [5.74, 6) is 0.812. The first kappa shape index (κ1) is 19.3. The molecule has 1 aromatic heterocycles. The first-order chi connectivity index (χ1) is 12.8. The van der Waals surface area contributed by atoms with Gasteiger partial charge in [-0.05, 0) is 48.7 Å². The molecule has 0 radical (unpaired) electrons. The Bertz CT molecular complexity index is 920. The van der Waals surface area contributed by atoms with Crippen LogP contribution in [-0.2, 0) is 10.0 Å². The molecule has 144 valence electrons. The van der Waals surface area contributed by atoms with E-state index >= 15 is 0 Å². The van der Waals surface area contributed by atoms with Crippen LogP contribution in [0.3, 0.4) is 0 Å². The van der Waals surface area contributed by atoms with Gasteiger partial charge in [0.05, 0.1) is 5.69 Å². The molecule has 0 saturated heterocycles. The highest BCUT2D eigenvalue weighted by atomic mass is 32.2. The minimum atomic E-state index is -3.71. The van der Waals surface area contributed by atoms with E-state index in [1.54, 1.807) is 12.1 Å². The van der Waals surface area contributed by atoms with E-state index in [-0.39, 0.29) is 5.75 Å². The van der Waals surface area contributed by atoms with E-state index in [0.717, 1.165) is 11.2 Å². The van der Waals surface area contributed by atoms with Gasteiger partial charge in [-0.25, -0.2) is 13.6 Å². The summed E-state index contributed by atoms with van der Waals surface area (Å²) in [7, 11) is -1.66. The van der Waals surface area contributed by atoms with Crippen molar-refractivity contribution in [1.29, 1.82) is 0 Å². The van der Waals surface area contributed by atoms with Gasteiger partial charge in [-0.3, -0.25) is 0 Å². The Balaban J connectivity index is 1.77. The second kappa shape index (κ2) is 8.06. The summed E-state index contributed by atoms with van der Waals surface area (Å²) in [5, 5.41) is 24.7. The molecule has 7 nitrogen and oxygen atoms in total. The summed E-state index contributed by atoms with van der Waals surface area (Å²) < 4.78 is 22.0. The number of hydrogen-bond acceptors (Lipinski definition) is 6. The van der Waals surface area contributed by atoms with E-state index in [0.29, 0.717) is 22.9 Å². The number of anilines is 1. The number of benzene rings is 1. The minimum absolute atomic E-state index is 0.00532. The van der Waals surface area contributed by atoms with Crippen molar-refractivity contribution < 1.29 is 13.5 Å². The quantitative estimate of drug-likeness (QED) is 0.815. The maximum absolute atomic E-state index is 11.0. The Morgan fingerprint density at radius 2 is 1.89 bits per heavy atom. The highest BCUT2D eigenvalue weighted by Crippen LogP contribution is 2.30. The van der Waals surface area contributed by atoms with Gasteiger partial charge in [0.2, 0.25) is 10.0 Å². The number of rotatable bonds is 5. The van der Waals surface area contributed by atoms with E-state index in [1.807, 2.05) is 19.2 Å². The highest BCUT2D eigenvalue weighted by molar-refractivity contribution is 7.92. The van der Waals surface area contributed by atoms with Gasteiger partial charge in [-0.2, -0.15) is 0 Å². The molecule has 3 rings (SSSR count). The van der Waals surface area contributed by atoms with Crippen molar-refractivity contribution in [3.8, 4) is 17.0 Å². The normalized spacial score (nSPS) is 15.9. The van der Waals surface area contributed by atoms with Crippen LogP contribution < -0.4 is 10.0 Å². The molecule has 0 amide bonds. The maximum atomic E-state index is 11.0. The van der Waals surface area contributed by atoms with Gasteiger partial charge in [-0.1, -0.05) is 25.3 Å². The first-order valence-electron chi connectivity index (χ1n) is 8.94. The summed E-state index contributed by atoms with van der Waals surface area (Å²) in [6, 6.07) is 9.05. The zero-order chi connectivity index (χ0) is 19.4. The monoisotopic (exact) mass is 388 g/mol. The third kappa shape index (κ3) is 5.05. The smallest absolute Gasteiger partial charge is 0.231 e. The predicted molar refractivity (Wildman–Crippen MR) is 107 cm³/mol. The van der Waals surface area contributed by atoms with Gasteiger partial charge in [-0.15, -0.1) is 10.2 Å². The highest BCUT2D eigenvalue weighted by Gasteiger charge is 2.19. The molecule has 0 atom stereocenters. The standard InChI is InChI=1S/C19H24N4O3S/c1-23(15-5-3-2-4-6-15)19-10-9-17(21-22-19)16-8-7-14(13-18(16)24)11-12-27(20,25)26/h7-13,15,24H,2-6H2,1H3,(H2,20,25,26)/b12-11+. The fraction of sp³-hybridized carbons (Fsp3) is 0.368. The summed E-state index contributed by atoms with van der Waals surface area (Å²) in [5.41, 5.74) is 1.60. The zero-order valence-corrected chi connectivity index (χ0v) is 16.1. The van der Waals surface area contributed by atoms with Crippen LogP contribution in [0.5, 0.6) is 5.75 Å². The number of phenolic OH excluding ortho intramolecular Hbond substituents is 1. The Morgan fingerprint density at radius 1 is 1.15 bits per heavy atom. The van der Waals surface area contributed by atoms with E-state index in [4.69, 9.17) is 5.14 Å².